The first kappa shape index (κ1) is 16.3. The van der Waals surface area contributed by atoms with Crippen molar-refractivity contribution in [1.82, 2.24) is 0 Å². The molecule has 0 heterocycles. The van der Waals surface area contributed by atoms with Crippen LogP contribution in [0, 0.1) is 15.9 Å². The summed E-state index contributed by atoms with van der Waals surface area (Å²) in [6.07, 6.45) is 0. The second-order valence-electron chi connectivity index (χ2n) is 4.25. The molecule has 9 heteroatoms. The van der Waals surface area contributed by atoms with Gasteiger partial charge >= 0.3 is 12.3 Å². The van der Waals surface area contributed by atoms with Crippen LogP contribution in [0.5, 0.6) is 5.75 Å². The summed E-state index contributed by atoms with van der Waals surface area (Å²) in [6.45, 7) is -3.11. The number of carbonyl (C=O) groups excluding carboxylic acids is 1. The van der Waals surface area contributed by atoms with Crippen molar-refractivity contribution >= 4 is 17.3 Å². The molecule has 0 saturated carbocycles. The summed E-state index contributed by atoms with van der Waals surface area (Å²) in [7, 11) is 0. The highest BCUT2D eigenvalue weighted by atomic mass is 19.3. The number of para-hydroxylation sites is 1. The van der Waals surface area contributed by atoms with Crippen molar-refractivity contribution in [2.45, 2.75) is 6.61 Å². The number of hydrogen-bond acceptors (Lipinski definition) is 4. The molecule has 1 N–H and O–H groups in total. The van der Waals surface area contributed by atoms with Gasteiger partial charge in [0.1, 0.15) is 5.75 Å². The molecule has 1 amide bonds. The number of halogens is 3. The zero-order valence-corrected chi connectivity index (χ0v) is 11.3. The molecule has 0 saturated heterocycles. The van der Waals surface area contributed by atoms with E-state index in [9.17, 15) is 28.1 Å². The predicted octanol–water partition coefficient (Wildman–Crippen LogP) is 3.59. The zero-order valence-electron chi connectivity index (χ0n) is 11.3. The van der Waals surface area contributed by atoms with Crippen LogP contribution in [0.1, 0.15) is 10.4 Å². The van der Waals surface area contributed by atoms with E-state index in [1.165, 1.54) is 24.3 Å². The van der Waals surface area contributed by atoms with Gasteiger partial charge in [-0.25, -0.2) is 0 Å². The first-order valence-corrected chi connectivity index (χ1v) is 6.17. The van der Waals surface area contributed by atoms with E-state index in [2.05, 4.69) is 10.1 Å². The summed E-state index contributed by atoms with van der Waals surface area (Å²) in [5.41, 5.74) is -1.07. The van der Waals surface area contributed by atoms with Gasteiger partial charge in [-0.2, -0.15) is 13.2 Å². The number of anilines is 1. The molecule has 0 aliphatic heterocycles. The van der Waals surface area contributed by atoms with Gasteiger partial charge in [0.05, 0.1) is 10.5 Å². The van der Waals surface area contributed by atoms with Gasteiger partial charge in [0.2, 0.25) is 5.82 Å². The Bertz CT molecular complexity index is 753. The quantitative estimate of drug-likeness (QED) is 0.672. The molecule has 0 fully saturated rings. The molecule has 2 aromatic carbocycles. The molecular formula is C14H9F3N2O4. The van der Waals surface area contributed by atoms with Crippen LogP contribution < -0.4 is 10.1 Å². The largest absolute Gasteiger partial charge is 0.434 e. The lowest BCUT2D eigenvalue weighted by Gasteiger charge is -2.10. The Morgan fingerprint density at radius 3 is 2.57 bits per heavy atom. The number of carbonyl (C=O) groups is 1. The van der Waals surface area contributed by atoms with E-state index in [1.54, 1.807) is 0 Å². The van der Waals surface area contributed by atoms with Crippen molar-refractivity contribution in [2.75, 3.05) is 5.32 Å². The molecule has 0 atom stereocenters. The standard InChI is InChI=1S/C14H9F3N2O4/c15-10-6-5-8(7-11(10)19(21)22)18-13(20)9-3-1-2-4-12(9)23-14(16)17/h1-7,14H,(H,18,20). The summed E-state index contributed by atoms with van der Waals surface area (Å²) in [4.78, 5) is 21.8. The van der Waals surface area contributed by atoms with E-state index in [-0.39, 0.29) is 17.0 Å². The Hall–Kier alpha value is -3.10. The van der Waals surface area contributed by atoms with Gasteiger partial charge in [-0.15, -0.1) is 0 Å². The number of hydrogen-bond donors (Lipinski definition) is 1. The first-order valence-electron chi connectivity index (χ1n) is 6.17. The van der Waals surface area contributed by atoms with Crippen LogP contribution in [-0.2, 0) is 0 Å². The Morgan fingerprint density at radius 2 is 1.91 bits per heavy atom. The van der Waals surface area contributed by atoms with Gasteiger partial charge in [-0.3, -0.25) is 14.9 Å². The molecule has 2 rings (SSSR count). The number of benzene rings is 2. The van der Waals surface area contributed by atoms with Gasteiger partial charge in [-0.1, -0.05) is 12.1 Å². The van der Waals surface area contributed by atoms with Crippen LogP contribution in [0.25, 0.3) is 0 Å². The van der Waals surface area contributed by atoms with Gasteiger partial charge in [0.15, 0.2) is 0 Å². The molecule has 0 aromatic heterocycles. The van der Waals surface area contributed by atoms with Gasteiger partial charge in [0.25, 0.3) is 5.91 Å². The number of nitrogens with one attached hydrogen (secondary N) is 1. The molecule has 0 radical (unpaired) electrons. The van der Waals surface area contributed by atoms with Crippen molar-refractivity contribution in [3.05, 3.63) is 64.0 Å². The van der Waals surface area contributed by atoms with Crippen molar-refractivity contribution in [3.63, 3.8) is 0 Å². The third-order valence-corrected chi connectivity index (χ3v) is 2.75. The lowest BCUT2D eigenvalue weighted by atomic mass is 10.2. The Balaban J connectivity index is 2.26. The highest BCUT2D eigenvalue weighted by Crippen LogP contribution is 2.24. The third-order valence-electron chi connectivity index (χ3n) is 2.75. The lowest BCUT2D eigenvalue weighted by molar-refractivity contribution is -0.387. The maximum atomic E-state index is 13.2. The fourth-order valence-corrected chi connectivity index (χ4v) is 1.78. The van der Waals surface area contributed by atoms with Crippen molar-refractivity contribution in [1.29, 1.82) is 0 Å². The van der Waals surface area contributed by atoms with Gasteiger partial charge in [-0.05, 0) is 24.3 Å². The van der Waals surface area contributed by atoms with Crippen molar-refractivity contribution in [2.24, 2.45) is 0 Å². The van der Waals surface area contributed by atoms with Crippen LogP contribution in [0.4, 0.5) is 24.5 Å². The monoisotopic (exact) mass is 326 g/mol. The van der Waals surface area contributed by atoms with Gasteiger partial charge in [0, 0.05) is 11.8 Å². The Labute approximate surface area is 127 Å². The van der Waals surface area contributed by atoms with Crippen LogP contribution in [0.2, 0.25) is 0 Å². The first-order chi connectivity index (χ1) is 10.9. The average Bonchev–Trinajstić information content (AvgIpc) is 2.48. The van der Waals surface area contributed by atoms with E-state index in [4.69, 9.17) is 0 Å². The molecule has 0 aliphatic carbocycles. The summed E-state index contributed by atoms with van der Waals surface area (Å²) in [5, 5.41) is 12.9. The van der Waals surface area contributed by atoms with Crippen LogP contribution >= 0.6 is 0 Å². The zero-order chi connectivity index (χ0) is 17.0. The fourth-order valence-electron chi connectivity index (χ4n) is 1.78. The maximum Gasteiger partial charge on any atom is 0.387 e. The van der Waals surface area contributed by atoms with E-state index in [0.29, 0.717) is 0 Å². The minimum Gasteiger partial charge on any atom is -0.434 e. The second-order valence-corrected chi connectivity index (χ2v) is 4.25. The minimum atomic E-state index is -3.11. The van der Waals surface area contributed by atoms with Crippen LogP contribution in [0.15, 0.2) is 42.5 Å². The van der Waals surface area contributed by atoms with Crippen LogP contribution in [0.3, 0.4) is 0 Å². The molecule has 0 bridgehead atoms. The molecule has 6 nitrogen and oxygen atoms in total. The molecule has 2 aromatic rings. The molecule has 0 aliphatic rings. The van der Waals surface area contributed by atoms with Crippen molar-refractivity contribution in [3.8, 4) is 5.75 Å². The average molecular weight is 326 g/mol. The topological polar surface area (TPSA) is 81.5 Å². The predicted molar refractivity (Wildman–Crippen MR) is 74.1 cm³/mol. The highest BCUT2D eigenvalue weighted by Gasteiger charge is 2.18. The van der Waals surface area contributed by atoms with Gasteiger partial charge < -0.3 is 10.1 Å². The van der Waals surface area contributed by atoms with E-state index in [1.807, 2.05) is 0 Å². The highest BCUT2D eigenvalue weighted by molar-refractivity contribution is 6.06. The molecule has 0 spiro atoms. The third kappa shape index (κ3) is 3.96. The summed E-state index contributed by atoms with van der Waals surface area (Å²) in [6, 6.07) is 7.99. The summed E-state index contributed by atoms with van der Waals surface area (Å²) >= 11 is 0. The van der Waals surface area contributed by atoms with E-state index in [0.717, 1.165) is 18.2 Å². The minimum absolute atomic E-state index is 0.0602. The number of nitrogens with zero attached hydrogens (tertiary/aromatic N) is 1. The molecule has 0 unspecified atom stereocenters. The molecular weight excluding hydrogens is 317 g/mol. The number of nitro groups is 1. The molecule has 120 valence electrons. The number of amides is 1. The lowest BCUT2D eigenvalue weighted by Crippen LogP contribution is -2.15. The van der Waals surface area contributed by atoms with E-state index >= 15 is 0 Å². The second kappa shape index (κ2) is 6.77. The van der Waals surface area contributed by atoms with E-state index < -0.39 is 28.9 Å². The van der Waals surface area contributed by atoms with Crippen molar-refractivity contribution < 1.29 is 27.6 Å². The number of alkyl halides is 2. The summed E-state index contributed by atoms with van der Waals surface area (Å²) < 4.78 is 42.1. The Morgan fingerprint density at radius 1 is 1.22 bits per heavy atom. The smallest absolute Gasteiger partial charge is 0.387 e. The normalized spacial score (nSPS) is 10.4. The number of nitro benzene ring substituents is 1. The number of ether oxygens (including phenoxy) is 1. The SMILES string of the molecule is O=C(Nc1ccc(F)c([N+](=O)[O-])c1)c1ccccc1OC(F)F. The molecule has 23 heavy (non-hydrogen) atoms. The number of rotatable bonds is 5. The van der Waals surface area contributed by atoms with Crippen LogP contribution in [-0.4, -0.2) is 17.4 Å². The maximum absolute atomic E-state index is 13.2. The Kier molecular flexibility index (Phi) is 4.79. The fraction of sp³-hybridized carbons (Fsp3) is 0.0714. The summed E-state index contributed by atoms with van der Waals surface area (Å²) in [5.74, 6) is -2.24.